The van der Waals surface area contributed by atoms with Gasteiger partial charge in [0, 0.05) is 4.88 Å². The molecule has 2 aromatic rings. The normalized spacial score (nSPS) is 12.1. The number of rotatable bonds is 5. The van der Waals surface area contributed by atoms with Crippen molar-refractivity contribution in [3.05, 3.63) is 47.3 Å². The van der Waals surface area contributed by atoms with Crippen molar-refractivity contribution in [2.24, 2.45) is 5.73 Å². The molecule has 0 saturated carbocycles. The molecule has 2 N–H and O–H groups in total. The van der Waals surface area contributed by atoms with Crippen molar-refractivity contribution < 1.29 is 9.53 Å². The molecule has 2 rings (SSSR count). The molecule has 0 saturated heterocycles. The Hall–Kier alpha value is -1.65. The first-order valence-electron chi connectivity index (χ1n) is 6.26. The number of carbonyl (C=O) groups excluding carboxylic acids is 1. The summed E-state index contributed by atoms with van der Waals surface area (Å²) in [6.45, 7) is 2.14. The second-order valence-electron chi connectivity index (χ2n) is 4.20. The second-order valence-corrected chi connectivity index (χ2v) is 5.14. The van der Waals surface area contributed by atoms with E-state index < -0.39 is 6.04 Å². The Labute approximate surface area is 117 Å². The number of benzene rings is 1. The Morgan fingerprint density at radius 1 is 1.32 bits per heavy atom. The van der Waals surface area contributed by atoms with Crippen LogP contribution >= 0.6 is 11.3 Å². The Kier molecular flexibility index (Phi) is 4.71. The topological polar surface area (TPSA) is 52.3 Å². The summed E-state index contributed by atoms with van der Waals surface area (Å²) in [7, 11) is 0. The van der Waals surface area contributed by atoms with Gasteiger partial charge in [0.05, 0.1) is 6.61 Å². The minimum Gasteiger partial charge on any atom is -0.465 e. The molecule has 1 aromatic heterocycles. The van der Waals surface area contributed by atoms with Gasteiger partial charge in [-0.3, -0.25) is 4.79 Å². The third-order valence-electron chi connectivity index (χ3n) is 2.83. The van der Waals surface area contributed by atoms with Crippen molar-refractivity contribution in [3.63, 3.8) is 0 Å². The third kappa shape index (κ3) is 3.43. The van der Waals surface area contributed by atoms with Gasteiger partial charge in [0.15, 0.2) is 0 Å². The molecule has 0 aliphatic rings. The van der Waals surface area contributed by atoms with Crippen molar-refractivity contribution >= 4 is 17.3 Å². The van der Waals surface area contributed by atoms with Gasteiger partial charge in [0.25, 0.3) is 0 Å². The fourth-order valence-corrected chi connectivity index (χ4v) is 2.73. The lowest BCUT2D eigenvalue weighted by atomic mass is 9.99. The maximum atomic E-state index is 11.6. The molecule has 0 aliphatic carbocycles. The zero-order valence-electron chi connectivity index (χ0n) is 10.8. The van der Waals surface area contributed by atoms with Crippen LogP contribution in [0.15, 0.2) is 41.8 Å². The maximum absolute atomic E-state index is 11.6. The van der Waals surface area contributed by atoms with Crippen LogP contribution in [-0.2, 0) is 16.0 Å². The number of nitrogens with two attached hydrogens (primary N) is 1. The summed E-state index contributed by atoms with van der Waals surface area (Å²) in [6.07, 6.45) is 0.493. The van der Waals surface area contributed by atoms with E-state index in [0.717, 1.165) is 11.1 Å². The highest BCUT2D eigenvalue weighted by molar-refractivity contribution is 7.13. The van der Waals surface area contributed by atoms with Gasteiger partial charge < -0.3 is 10.5 Å². The molecule has 4 heteroatoms. The van der Waals surface area contributed by atoms with Crippen LogP contribution in [0.2, 0.25) is 0 Å². The van der Waals surface area contributed by atoms with Crippen molar-refractivity contribution in [1.29, 1.82) is 0 Å². The van der Waals surface area contributed by atoms with Crippen LogP contribution in [0.1, 0.15) is 12.5 Å². The van der Waals surface area contributed by atoms with Gasteiger partial charge in [-0.2, -0.15) is 0 Å². The molecule has 0 fully saturated rings. The van der Waals surface area contributed by atoms with E-state index in [9.17, 15) is 4.79 Å². The van der Waals surface area contributed by atoms with Crippen LogP contribution in [0.5, 0.6) is 0 Å². The van der Waals surface area contributed by atoms with Crippen LogP contribution < -0.4 is 5.73 Å². The van der Waals surface area contributed by atoms with Gasteiger partial charge in [0.1, 0.15) is 6.04 Å². The fourth-order valence-electron chi connectivity index (χ4n) is 1.94. The minimum absolute atomic E-state index is 0.344. The molecule has 0 spiro atoms. The average Bonchev–Trinajstić information content (AvgIpc) is 2.93. The SMILES string of the molecule is CCOC(=O)C(N)Cc1ccccc1-c1cccs1. The first-order valence-corrected chi connectivity index (χ1v) is 7.14. The van der Waals surface area contributed by atoms with E-state index in [4.69, 9.17) is 10.5 Å². The molecule has 19 heavy (non-hydrogen) atoms. The molecule has 0 bridgehead atoms. The monoisotopic (exact) mass is 275 g/mol. The van der Waals surface area contributed by atoms with E-state index in [1.807, 2.05) is 29.6 Å². The molecule has 3 nitrogen and oxygen atoms in total. The minimum atomic E-state index is -0.610. The van der Waals surface area contributed by atoms with E-state index in [1.54, 1.807) is 18.3 Å². The lowest BCUT2D eigenvalue weighted by Gasteiger charge is -2.13. The summed E-state index contributed by atoms with van der Waals surface area (Å²) in [5.74, 6) is -0.344. The predicted molar refractivity (Wildman–Crippen MR) is 78.1 cm³/mol. The number of carbonyl (C=O) groups is 1. The smallest absolute Gasteiger partial charge is 0.323 e. The Balaban J connectivity index is 2.19. The van der Waals surface area contributed by atoms with Crippen molar-refractivity contribution in [1.82, 2.24) is 0 Å². The molecular weight excluding hydrogens is 258 g/mol. The van der Waals surface area contributed by atoms with Gasteiger partial charge in [-0.15, -0.1) is 11.3 Å². The molecule has 1 aromatic carbocycles. The average molecular weight is 275 g/mol. The van der Waals surface area contributed by atoms with Crippen molar-refractivity contribution in [2.75, 3.05) is 6.61 Å². The van der Waals surface area contributed by atoms with Gasteiger partial charge in [-0.05, 0) is 35.9 Å². The molecule has 1 heterocycles. The quantitative estimate of drug-likeness (QED) is 0.854. The summed E-state index contributed by atoms with van der Waals surface area (Å²) < 4.78 is 4.95. The number of hydrogen-bond acceptors (Lipinski definition) is 4. The molecule has 100 valence electrons. The van der Waals surface area contributed by atoms with Gasteiger partial charge in [-0.1, -0.05) is 30.3 Å². The first-order chi connectivity index (χ1) is 9.22. The molecular formula is C15H17NO2S. The maximum Gasteiger partial charge on any atom is 0.323 e. The van der Waals surface area contributed by atoms with Gasteiger partial charge in [-0.25, -0.2) is 0 Å². The number of ether oxygens (including phenoxy) is 1. The van der Waals surface area contributed by atoms with Crippen LogP contribution in [-0.4, -0.2) is 18.6 Å². The summed E-state index contributed by atoms with van der Waals surface area (Å²) in [5.41, 5.74) is 8.10. The van der Waals surface area contributed by atoms with Crippen LogP contribution in [0.25, 0.3) is 10.4 Å². The van der Waals surface area contributed by atoms with E-state index >= 15 is 0 Å². The zero-order valence-corrected chi connectivity index (χ0v) is 11.7. The van der Waals surface area contributed by atoms with Gasteiger partial charge >= 0.3 is 5.97 Å². The molecule has 0 radical (unpaired) electrons. The summed E-state index contributed by atoms with van der Waals surface area (Å²) in [6, 6.07) is 11.5. The van der Waals surface area contributed by atoms with Crippen LogP contribution in [0.3, 0.4) is 0 Å². The van der Waals surface area contributed by atoms with E-state index in [-0.39, 0.29) is 5.97 Å². The second kappa shape index (κ2) is 6.50. The first kappa shape index (κ1) is 13.8. The Morgan fingerprint density at radius 2 is 2.11 bits per heavy atom. The van der Waals surface area contributed by atoms with Gasteiger partial charge in [0.2, 0.25) is 0 Å². The Bertz CT molecular complexity index is 537. The van der Waals surface area contributed by atoms with E-state index in [2.05, 4.69) is 12.1 Å². The number of thiophene rings is 1. The largest absolute Gasteiger partial charge is 0.465 e. The fraction of sp³-hybridized carbons (Fsp3) is 0.267. The highest BCUT2D eigenvalue weighted by atomic mass is 32.1. The zero-order chi connectivity index (χ0) is 13.7. The van der Waals surface area contributed by atoms with E-state index in [1.165, 1.54) is 4.88 Å². The number of hydrogen-bond donors (Lipinski definition) is 1. The standard InChI is InChI=1S/C15H17NO2S/c1-2-18-15(17)13(16)10-11-6-3-4-7-12(11)14-8-5-9-19-14/h3-9,13H,2,10,16H2,1H3. The van der Waals surface area contributed by atoms with Crippen LogP contribution in [0, 0.1) is 0 Å². The highest BCUT2D eigenvalue weighted by Gasteiger charge is 2.17. The number of esters is 1. The lowest BCUT2D eigenvalue weighted by molar-refractivity contribution is -0.144. The van der Waals surface area contributed by atoms with Crippen molar-refractivity contribution in [3.8, 4) is 10.4 Å². The summed E-state index contributed by atoms with van der Waals surface area (Å²) in [5, 5.41) is 2.04. The molecule has 0 amide bonds. The highest BCUT2D eigenvalue weighted by Crippen LogP contribution is 2.28. The molecule has 0 aliphatic heterocycles. The Morgan fingerprint density at radius 3 is 2.79 bits per heavy atom. The summed E-state index contributed by atoms with van der Waals surface area (Å²) in [4.78, 5) is 12.8. The van der Waals surface area contributed by atoms with Crippen molar-refractivity contribution in [2.45, 2.75) is 19.4 Å². The molecule has 1 atom stereocenters. The molecule has 1 unspecified atom stereocenters. The lowest BCUT2D eigenvalue weighted by Crippen LogP contribution is -2.34. The van der Waals surface area contributed by atoms with E-state index in [0.29, 0.717) is 13.0 Å². The summed E-state index contributed by atoms with van der Waals surface area (Å²) >= 11 is 1.68. The third-order valence-corrected chi connectivity index (χ3v) is 3.74. The van der Waals surface area contributed by atoms with Crippen LogP contribution in [0.4, 0.5) is 0 Å². The predicted octanol–water partition coefficient (Wildman–Crippen LogP) is 2.85.